The molecule has 1 aromatic heterocycles. The van der Waals surface area contributed by atoms with Crippen molar-refractivity contribution in [1.29, 1.82) is 5.26 Å². The van der Waals surface area contributed by atoms with Gasteiger partial charge in [-0.05, 0) is 6.42 Å². The average Bonchev–Trinajstić information content (AvgIpc) is 2.52. The first-order valence-corrected chi connectivity index (χ1v) is 3.59. The Balaban J connectivity index is 2.69. The molecular formula is C8H9N3O. The van der Waals surface area contributed by atoms with E-state index in [1.165, 1.54) is 0 Å². The van der Waals surface area contributed by atoms with E-state index in [1.807, 2.05) is 6.07 Å². The molecule has 2 N–H and O–H groups in total. The van der Waals surface area contributed by atoms with Crippen molar-refractivity contribution in [3.05, 3.63) is 23.5 Å². The third kappa shape index (κ3) is 1.94. The molecule has 0 amide bonds. The topological polar surface area (TPSA) is 72.7 Å². The van der Waals surface area contributed by atoms with Gasteiger partial charge in [0, 0.05) is 12.2 Å². The molecule has 0 aliphatic carbocycles. The van der Waals surface area contributed by atoms with Crippen LogP contribution in [0.3, 0.4) is 0 Å². The quantitative estimate of drug-likeness (QED) is 0.688. The molecule has 0 bridgehead atoms. The van der Waals surface area contributed by atoms with Gasteiger partial charge in [0.15, 0.2) is 0 Å². The molecule has 1 heterocycles. The molecule has 0 spiro atoms. The van der Waals surface area contributed by atoms with Crippen molar-refractivity contribution in [2.45, 2.75) is 6.42 Å². The van der Waals surface area contributed by atoms with Gasteiger partial charge in [-0.25, -0.2) is 0 Å². The molecule has 0 unspecified atom stereocenters. The maximum Gasteiger partial charge on any atom is 0.142 e. The Kier molecular flexibility index (Phi) is 3.05. The van der Waals surface area contributed by atoms with Crippen LogP contribution in [0.5, 0.6) is 0 Å². The Hall–Kier alpha value is -1.60. The highest BCUT2D eigenvalue weighted by Crippen LogP contribution is 2.05. The molecule has 4 nitrogen and oxygen atoms in total. The number of aromatic nitrogens is 2. The minimum atomic E-state index is 0.121. The lowest BCUT2D eigenvalue weighted by Gasteiger charge is -1.85. The lowest BCUT2D eigenvalue weighted by molar-refractivity contribution is 0.303. The number of aromatic amines is 1. The Morgan fingerprint density at radius 3 is 3.25 bits per heavy atom. The first-order valence-electron chi connectivity index (χ1n) is 3.59. The second kappa shape index (κ2) is 4.31. The second-order valence-electron chi connectivity index (χ2n) is 2.23. The Labute approximate surface area is 70.2 Å². The highest BCUT2D eigenvalue weighted by atomic mass is 16.2. The van der Waals surface area contributed by atoms with Crippen LogP contribution in [0.15, 0.2) is 12.3 Å². The molecule has 0 saturated heterocycles. The van der Waals surface area contributed by atoms with Crippen LogP contribution in [0.1, 0.15) is 17.7 Å². The normalized spacial score (nSPS) is 10.3. The molecule has 4 heteroatoms. The second-order valence-corrected chi connectivity index (χ2v) is 2.23. The number of H-pyrrole nitrogens is 1. The van der Waals surface area contributed by atoms with Crippen LogP contribution < -0.4 is 0 Å². The van der Waals surface area contributed by atoms with Crippen molar-refractivity contribution in [2.75, 3.05) is 6.61 Å². The fourth-order valence-electron chi connectivity index (χ4n) is 0.796. The molecule has 12 heavy (non-hydrogen) atoms. The van der Waals surface area contributed by atoms with Crippen LogP contribution in [0.4, 0.5) is 0 Å². The lowest BCUT2D eigenvalue weighted by atomic mass is 10.2. The monoisotopic (exact) mass is 163 g/mol. The summed E-state index contributed by atoms with van der Waals surface area (Å²) >= 11 is 0. The van der Waals surface area contributed by atoms with Gasteiger partial charge in [0.05, 0.1) is 6.20 Å². The zero-order valence-electron chi connectivity index (χ0n) is 6.49. The van der Waals surface area contributed by atoms with Gasteiger partial charge in [0.1, 0.15) is 11.8 Å². The van der Waals surface area contributed by atoms with Crippen LogP contribution in [-0.4, -0.2) is 21.9 Å². The molecule has 0 aliphatic heterocycles. The summed E-state index contributed by atoms with van der Waals surface area (Å²) in [6.45, 7) is 0.121. The molecule has 0 aliphatic rings. The van der Waals surface area contributed by atoms with Gasteiger partial charge in [0.2, 0.25) is 0 Å². The third-order valence-corrected chi connectivity index (χ3v) is 1.37. The fraction of sp³-hybridized carbons (Fsp3) is 0.250. The van der Waals surface area contributed by atoms with Crippen molar-refractivity contribution < 1.29 is 5.11 Å². The standard InChI is InChI=1S/C8H9N3O/c9-5-8-7(6-10-11-8)3-1-2-4-12/h1,3,6,12H,2,4H2,(H,10,11). The number of nitrogens with one attached hydrogen (secondary N) is 1. The van der Waals surface area contributed by atoms with Crippen LogP contribution >= 0.6 is 0 Å². The number of hydrogen-bond donors (Lipinski definition) is 2. The number of rotatable bonds is 3. The van der Waals surface area contributed by atoms with Crippen LogP contribution in [-0.2, 0) is 0 Å². The molecule has 0 fully saturated rings. The summed E-state index contributed by atoms with van der Waals surface area (Å²) in [5.74, 6) is 0. The maximum atomic E-state index is 8.56. The summed E-state index contributed by atoms with van der Waals surface area (Å²) in [5, 5.41) is 23.3. The predicted molar refractivity (Wildman–Crippen MR) is 44.0 cm³/mol. The van der Waals surface area contributed by atoms with E-state index in [-0.39, 0.29) is 6.61 Å². The summed E-state index contributed by atoms with van der Waals surface area (Å²) in [7, 11) is 0. The Bertz CT molecular complexity index is 308. The van der Waals surface area contributed by atoms with Crippen LogP contribution in [0, 0.1) is 11.3 Å². The van der Waals surface area contributed by atoms with Gasteiger partial charge in [-0.15, -0.1) is 0 Å². The van der Waals surface area contributed by atoms with E-state index in [2.05, 4.69) is 10.2 Å². The number of hydrogen-bond acceptors (Lipinski definition) is 3. The third-order valence-electron chi connectivity index (χ3n) is 1.37. The van der Waals surface area contributed by atoms with Gasteiger partial charge in [-0.1, -0.05) is 12.2 Å². The van der Waals surface area contributed by atoms with E-state index in [0.29, 0.717) is 12.1 Å². The Morgan fingerprint density at radius 2 is 2.58 bits per heavy atom. The molecule has 0 radical (unpaired) electrons. The highest BCUT2D eigenvalue weighted by molar-refractivity contribution is 5.54. The van der Waals surface area contributed by atoms with E-state index in [1.54, 1.807) is 18.3 Å². The number of nitrogens with zero attached hydrogens (tertiary/aromatic N) is 2. The van der Waals surface area contributed by atoms with Crippen LogP contribution in [0.2, 0.25) is 0 Å². The van der Waals surface area contributed by atoms with Gasteiger partial charge >= 0.3 is 0 Å². The van der Waals surface area contributed by atoms with Crippen molar-refractivity contribution >= 4 is 6.08 Å². The largest absolute Gasteiger partial charge is 0.396 e. The summed E-state index contributed by atoms with van der Waals surface area (Å²) in [5.41, 5.74) is 1.20. The first kappa shape index (κ1) is 8.50. The molecular weight excluding hydrogens is 154 g/mol. The minimum absolute atomic E-state index is 0.121. The van der Waals surface area contributed by atoms with Gasteiger partial charge in [-0.3, -0.25) is 5.10 Å². The van der Waals surface area contributed by atoms with Crippen LogP contribution in [0.25, 0.3) is 6.08 Å². The smallest absolute Gasteiger partial charge is 0.142 e. The minimum Gasteiger partial charge on any atom is -0.396 e. The summed E-state index contributed by atoms with van der Waals surface area (Å²) in [4.78, 5) is 0. The van der Waals surface area contributed by atoms with E-state index >= 15 is 0 Å². The maximum absolute atomic E-state index is 8.56. The van der Waals surface area contributed by atoms with E-state index in [4.69, 9.17) is 10.4 Å². The molecule has 1 rings (SSSR count). The first-order chi connectivity index (χ1) is 5.88. The summed E-state index contributed by atoms with van der Waals surface area (Å²) in [6, 6.07) is 1.97. The SMILES string of the molecule is N#Cc1[nH]ncc1C=CCCO. The number of nitriles is 1. The molecule has 62 valence electrons. The van der Waals surface area contributed by atoms with Gasteiger partial charge in [-0.2, -0.15) is 10.4 Å². The average molecular weight is 163 g/mol. The van der Waals surface area contributed by atoms with E-state index in [9.17, 15) is 0 Å². The molecule has 0 saturated carbocycles. The van der Waals surface area contributed by atoms with Crippen molar-refractivity contribution in [3.63, 3.8) is 0 Å². The molecule has 1 aromatic rings. The van der Waals surface area contributed by atoms with Gasteiger partial charge < -0.3 is 5.11 Å². The highest BCUT2D eigenvalue weighted by Gasteiger charge is 1.97. The van der Waals surface area contributed by atoms with Gasteiger partial charge in [0.25, 0.3) is 0 Å². The van der Waals surface area contributed by atoms with Crippen molar-refractivity contribution in [1.82, 2.24) is 10.2 Å². The summed E-state index contributed by atoms with van der Waals surface area (Å²) in [6.07, 6.45) is 5.73. The summed E-state index contributed by atoms with van der Waals surface area (Å²) < 4.78 is 0. The predicted octanol–water partition coefficient (Wildman–Crippen LogP) is 0.677. The zero-order valence-corrected chi connectivity index (χ0v) is 6.49. The Morgan fingerprint density at radius 1 is 1.75 bits per heavy atom. The number of aliphatic hydroxyl groups is 1. The van der Waals surface area contributed by atoms with E-state index in [0.717, 1.165) is 5.56 Å². The molecule has 0 aromatic carbocycles. The number of aliphatic hydroxyl groups excluding tert-OH is 1. The molecule has 0 atom stereocenters. The zero-order chi connectivity index (χ0) is 8.81. The van der Waals surface area contributed by atoms with Crippen molar-refractivity contribution in [3.8, 4) is 6.07 Å². The van der Waals surface area contributed by atoms with Crippen molar-refractivity contribution in [2.24, 2.45) is 0 Å². The van der Waals surface area contributed by atoms with E-state index < -0.39 is 0 Å². The lowest BCUT2D eigenvalue weighted by Crippen LogP contribution is -1.78. The fourth-order valence-corrected chi connectivity index (χ4v) is 0.796.